The molecule has 0 fully saturated rings. The minimum absolute atomic E-state index is 0.0909. The van der Waals surface area contributed by atoms with Crippen LogP contribution in [-0.2, 0) is 11.2 Å². The molecule has 0 spiro atoms. The third kappa shape index (κ3) is 3.16. The van der Waals surface area contributed by atoms with Crippen LogP contribution in [0.3, 0.4) is 0 Å². The summed E-state index contributed by atoms with van der Waals surface area (Å²) in [4.78, 5) is 22.0. The summed E-state index contributed by atoms with van der Waals surface area (Å²) in [6.45, 7) is 1.72. The number of carbonyl (C=O) groups excluding carboxylic acids is 1. The van der Waals surface area contributed by atoms with E-state index in [1.54, 1.807) is 31.2 Å². The average Bonchev–Trinajstić information content (AvgIpc) is 2.16. The fraction of sp³-hybridized carbons (Fsp3) is 0.273. The molecular weight excluding hydrogens is 260 g/mol. The van der Waals surface area contributed by atoms with Gasteiger partial charge in [-0.05, 0) is 12.5 Å². The highest BCUT2D eigenvalue weighted by Crippen LogP contribution is 2.15. The first-order chi connectivity index (χ1) is 7.02. The van der Waals surface area contributed by atoms with Gasteiger partial charge in [0.15, 0.2) is 5.78 Å². The number of carboxylic acid groups (broad SMARTS) is 1. The fourth-order valence-corrected chi connectivity index (χ4v) is 1.54. The van der Waals surface area contributed by atoms with Crippen molar-refractivity contribution in [2.24, 2.45) is 0 Å². The molecule has 0 bridgehead atoms. The van der Waals surface area contributed by atoms with Gasteiger partial charge in [-0.25, -0.2) is 0 Å². The first-order valence-electron chi connectivity index (χ1n) is 4.50. The number of ketones is 1. The van der Waals surface area contributed by atoms with E-state index in [1.165, 1.54) is 0 Å². The van der Waals surface area contributed by atoms with Crippen molar-refractivity contribution in [3.05, 3.63) is 35.4 Å². The Kier molecular flexibility index (Phi) is 4.03. The minimum Gasteiger partial charge on any atom is -0.481 e. The van der Waals surface area contributed by atoms with Gasteiger partial charge in [-0.1, -0.05) is 40.2 Å². The molecule has 1 N–H and O–H groups in total. The summed E-state index contributed by atoms with van der Waals surface area (Å²) >= 11 is 3.18. The zero-order valence-corrected chi connectivity index (χ0v) is 9.82. The molecule has 80 valence electrons. The lowest BCUT2D eigenvalue weighted by Crippen LogP contribution is -2.14. The predicted octanol–water partition coefficient (Wildman–Crippen LogP) is 2.28. The maximum atomic E-state index is 11.7. The summed E-state index contributed by atoms with van der Waals surface area (Å²) < 4.78 is 0. The van der Waals surface area contributed by atoms with Crippen molar-refractivity contribution in [3.8, 4) is 0 Å². The van der Waals surface area contributed by atoms with Crippen molar-refractivity contribution in [1.29, 1.82) is 0 Å². The molecule has 1 unspecified atom stereocenters. The van der Waals surface area contributed by atoms with E-state index in [2.05, 4.69) is 15.9 Å². The number of alkyl halides is 1. The van der Waals surface area contributed by atoms with Gasteiger partial charge in [-0.2, -0.15) is 0 Å². The van der Waals surface area contributed by atoms with Crippen LogP contribution in [-0.4, -0.2) is 21.7 Å². The van der Waals surface area contributed by atoms with Gasteiger partial charge in [0.25, 0.3) is 0 Å². The molecule has 1 aromatic rings. The first-order valence-corrected chi connectivity index (χ1v) is 5.42. The van der Waals surface area contributed by atoms with Crippen molar-refractivity contribution in [3.63, 3.8) is 0 Å². The van der Waals surface area contributed by atoms with Crippen LogP contribution in [0.15, 0.2) is 24.3 Å². The predicted molar refractivity (Wildman–Crippen MR) is 60.5 cm³/mol. The highest BCUT2D eigenvalue weighted by molar-refractivity contribution is 9.10. The van der Waals surface area contributed by atoms with Crippen LogP contribution >= 0.6 is 15.9 Å². The van der Waals surface area contributed by atoms with E-state index >= 15 is 0 Å². The number of halogens is 1. The number of benzene rings is 1. The Labute approximate surface area is 96.2 Å². The number of Topliss-reactive ketones (excluding diaryl/α,β-unsaturated/α-hetero) is 1. The van der Waals surface area contributed by atoms with Gasteiger partial charge >= 0.3 is 5.97 Å². The van der Waals surface area contributed by atoms with E-state index in [-0.39, 0.29) is 17.0 Å². The molecule has 0 amide bonds. The third-order valence-corrected chi connectivity index (χ3v) is 2.40. The second-order valence-electron chi connectivity index (χ2n) is 3.21. The second-order valence-corrected chi connectivity index (χ2v) is 4.58. The smallest absolute Gasteiger partial charge is 0.307 e. The number of hydrogen-bond acceptors (Lipinski definition) is 2. The van der Waals surface area contributed by atoms with Crippen molar-refractivity contribution >= 4 is 27.7 Å². The van der Waals surface area contributed by atoms with Crippen LogP contribution in [0.4, 0.5) is 0 Å². The molecule has 0 saturated carbocycles. The molecule has 0 aliphatic rings. The van der Waals surface area contributed by atoms with Crippen molar-refractivity contribution in [2.45, 2.75) is 18.2 Å². The van der Waals surface area contributed by atoms with E-state index < -0.39 is 5.97 Å². The average molecular weight is 271 g/mol. The molecule has 1 aromatic carbocycles. The zero-order valence-electron chi connectivity index (χ0n) is 8.24. The lowest BCUT2D eigenvalue weighted by Gasteiger charge is -2.07. The van der Waals surface area contributed by atoms with Crippen LogP contribution in [0, 0.1) is 0 Å². The summed E-state index contributed by atoms with van der Waals surface area (Å²) in [6.07, 6.45) is -0.123. The SMILES string of the molecule is CC(Br)C(=O)c1ccccc1CC(=O)O. The van der Waals surface area contributed by atoms with Gasteiger partial charge < -0.3 is 5.11 Å². The van der Waals surface area contributed by atoms with Crippen LogP contribution < -0.4 is 0 Å². The van der Waals surface area contributed by atoms with Gasteiger partial charge in [0.1, 0.15) is 0 Å². The van der Waals surface area contributed by atoms with E-state index in [1.807, 2.05) is 0 Å². The molecule has 1 rings (SSSR count). The number of hydrogen-bond donors (Lipinski definition) is 1. The summed E-state index contributed by atoms with van der Waals surface area (Å²) in [5, 5.41) is 8.69. The highest BCUT2D eigenvalue weighted by atomic mass is 79.9. The molecule has 0 heterocycles. The summed E-state index contributed by atoms with van der Waals surface area (Å²) in [5.41, 5.74) is 1.03. The zero-order chi connectivity index (χ0) is 11.4. The molecular formula is C11H11BrO3. The maximum Gasteiger partial charge on any atom is 0.307 e. The number of carbonyl (C=O) groups is 2. The molecule has 0 aliphatic carbocycles. The number of rotatable bonds is 4. The van der Waals surface area contributed by atoms with Gasteiger partial charge in [-0.15, -0.1) is 0 Å². The molecule has 1 atom stereocenters. The molecule has 0 aromatic heterocycles. The van der Waals surface area contributed by atoms with E-state index in [9.17, 15) is 9.59 Å². The van der Waals surface area contributed by atoms with Gasteiger partial charge in [-0.3, -0.25) is 9.59 Å². The number of carboxylic acids is 1. The van der Waals surface area contributed by atoms with Gasteiger partial charge in [0, 0.05) is 5.56 Å². The summed E-state index contributed by atoms with van der Waals surface area (Å²) in [7, 11) is 0. The summed E-state index contributed by atoms with van der Waals surface area (Å²) in [6, 6.07) is 6.77. The topological polar surface area (TPSA) is 54.4 Å². The Balaban J connectivity index is 3.06. The number of aliphatic carboxylic acids is 1. The van der Waals surface area contributed by atoms with Crippen molar-refractivity contribution < 1.29 is 14.7 Å². The Morgan fingerprint density at radius 1 is 1.40 bits per heavy atom. The first kappa shape index (κ1) is 11.9. The molecule has 0 aliphatic heterocycles. The monoisotopic (exact) mass is 270 g/mol. The fourth-order valence-electron chi connectivity index (χ4n) is 1.29. The second kappa shape index (κ2) is 5.07. The normalized spacial score (nSPS) is 12.1. The van der Waals surface area contributed by atoms with Crippen LogP contribution in [0.1, 0.15) is 22.8 Å². The van der Waals surface area contributed by atoms with E-state index in [0.717, 1.165) is 0 Å². The van der Waals surface area contributed by atoms with Crippen LogP contribution in [0.2, 0.25) is 0 Å². The van der Waals surface area contributed by atoms with Crippen LogP contribution in [0.25, 0.3) is 0 Å². The lowest BCUT2D eigenvalue weighted by molar-refractivity contribution is -0.136. The molecule has 4 heteroatoms. The minimum atomic E-state index is -0.933. The van der Waals surface area contributed by atoms with Gasteiger partial charge in [0.05, 0.1) is 11.2 Å². The molecule has 0 radical (unpaired) electrons. The quantitative estimate of drug-likeness (QED) is 0.675. The maximum absolute atomic E-state index is 11.7. The largest absolute Gasteiger partial charge is 0.481 e. The molecule has 15 heavy (non-hydrogen) atoms. The molecule has 3 nitrogen and oxygen atoms in total. The van der Waals surface area contributed by atoms with Crippen molar-refractivity contribution in [1.82, 2.24) is 0 Å². The Hall–Kier alpha value is -1.16. The molecule has 0 saturated heterocycles. The van der Waals surface area contributed by atoms with Gasteiger partial charge in [0.2, 0.25) is 0 Å². The third-order valence-electron chi connectivity index (χ3n) is 1.99. The van der Waals surface area contributed by atoms with Crippen LogP contribution in [0.5, 0.6) is 0 Å². The Bertz CT molecular complexity index is 385. The van der Waals surface area contributed by atoms with E-state index in [0.29, 0.717) is 11.1 Å². The summed E-state index contributed by atoms with van der Waals surface area (Å²) in [5.74, 6) is -1.02. The van der Waals surface area contributed by atoms with E-state index in [4.69, 9.17) is 5.11 Å². The lowest BCUT2D eigenvalue weighted by atomic mass is 10.00. The standard InChI is InChI=1S/C11H11BrO3/c1-7(12)11(15)9-5-3-2-4-8(9)6-10(13)14/h2-5,7H,6H2,1H3,(H,13,14). The Morgan fingerprint density at radius 2 is 2.00 bits per heavy atom. The Morgan fingerprint density at radius 3 is 2.53 bits per heavy atom. The highest BCUT2D eigenvalue weighted by Gasteiger charge is 2.16. The van der Waals surface area contributed by atoms with Crippen molar-refractivity contribution in [2.75, 3.05) is 0 Å².